The molecule has 2 aromatic heterocycles. The van der Waals surface area contributed by atoms with Crippen LogP contribution >= 0.6 is 34.5 Å². The standard InChI is InChI=1S/C39H41Cl2F2N3O7S/c1-46-13-11-24(12-14-46)22-51-38(49)36(26-3-2-4-27(47)15-26)45-18-28-8-10-35(54-28)37(48)52-33(17-29-30(40)19-44-20-31(29)41)25-7-9-32(53-39(42)43)34(16-25)50-21-23-5-6-23/h2-4,7-10,15-16,19-20,23-24,33,36,39,45,47H,5-6,11-14,17-18,21-22H2,1H3/p+1/t33-,36?/m0/s1. The van der Waals surface area contributed by atoms with Crippen LogP contribution in [0.4, 0.5) is 8.78 Å². The van der Waals surface area contributed by atoms with Gasteiger partial charge in [-0.3, -0.25) is 5.32 Å². The normalized spacial score (nSPS) is 16.2. The second kappa shape index (κ2) is 18.5. The van der Waals surface area contributed by atoms with Gasteiger partial charge < -0.3 is 29.0 Å². The average molecular weight is 806 g/mol. The van der Waals surface area contributed by atoms with E-state index in [9.17, 15) is 23.5 Å². The zero-order chi connectivity index (χ0) is 38.2. The highest BCUT2D eigenvalue weighted by molar-refractivity contribution is 7.13. The maximum atomic E-state index is 13.7. The predicted molar refractivity (Wildman–Crippen MR) is 199 cm³/mol. The van der Waals surface area contributed by atoms with Gasteiger partial charge in [0.25, 0.3) is 0 Å². The molecule has 1 saturated heterocycles. The summed E-state index contributed by atoms with van der Waals surface area (Å²) >= 11 is 14.2. The fourth-order valence-corrected chi connectivity index (χ4v) is 7.51. The molecule has 2 aromatic carbocycles. The van der Waals surface area contributed by atoms with Crippen molar-refractivity contribution in [3.05, 3.63) is 103 Å². The highest BCUT2D eigenvalue weighted by Crippen LogP contribution is 2.38. The Morgan fingerprint density at radius 1 is 0.963 bits per heavy atom. The van der Waals surface area contributed by atoms with Crippen LogP contribution in [0.25, 0.3) is 0 Å². The van der Waals surface area contributed by atoms with Crippen molar-refractivity contribution in [1.29, 1.82) is 0 Å². The van der Waals surface area contributed by atoms with Crippen LogP contribution in [-0.4, -0.2) is 61.9 Å². The number of hydrogen-bond acceptors (Lipinski definition) is 10. The van der Waals surface area contributed by atoms with Crippen LogP contribution < -0.4 is 19.8 Å². The van der Waals surface area contributed by atoms with Crippen LogP contribution in [-0.2, 0) is 27.2 Å². The minimum Gasteiger partial charge on any atom is -0.508 e. The number of carbonyl (C=O) groups excluding carboxylic acids is 2. The molecule has 2 aliphatic rings. The smallest absolute Gasteiger partial charge is 0.387 e. The summed E-state index contributed by atoms with van der Waals surface area (Å²) in [7, 11) is 2.07. The third-order valence-corrected chi connectivity index (χ3v) is 11.2. The van der Waals surface area contributed by atoms with E-state index in [4.69, 9.17) is 42.1 Å². The van der Waals surface area contributed by atoms with Gasteiger partial charge in [-0.1, -0.05) is 41.4 Å². The molecule has 288 valence electrons. The molecule has 54 heavy (non-hydrogen) atoms. The van der Waals surface area contributed by atoms with Gasteiger partial charge in [-0.2, -0.15) is 8.78 Å². The Labute approximate surface area is 326 Å². The minimum atomic E-state index is -3.06. The lowest BCUT2D eigenvalue weighted by Crippen LogP contribution is -2.34. The van der Waals surface area contributed by atoms with Crippen LogP contribution in [0.2, 0.25) is 10.0 Å². The van der Waals surface area contributed by atoms with Crippen molar-refractivity contribution < 1.29 is 47.4 Å². The van der Waals surface area contributed by atoms with Crippen LogP contribution in [0.1, 0.15) is 69.1 Å². The van der Waals surface area contributed by atoms with E-state index in [1.165, 1.54) is 41.7 Å². The van der Waals surface area contributed by atoms with E-state index in [1.807, 2.05) is 0 Å². The first kappa shape index (κ1) is 39.7. The number of ether oxygens (including phenoxy) is 4. The molecule has 6 rings (SSSR count). The van der Waals surface area contributed by atoms with Gasteiger partial charge in [-0.25, -0.2) is 14.6 Å². The Balaban J connectivity index is 1.17. The molecule has 1 aliphatic heterocycles. The lowest BCUT2D eigenvalue weighted by Gasteiger charge is -2.29. The number of rotatable bonds is 17. The molecular weight excluding hydrogens is 763 g/mol. The van der Waals surface area contributed by atoms with E-state index in [0.29, 0.717) is 45.9 Å². The summed E-state index contributed by atoms with van der Waals surface area (Å²) in [5, 5.41) is 14.0. The highest BCUT2D eigenvalue weighted by Gasteiger charge is 2.28. The number of aromatic amines is 1. The van der Waals surface area contributed by atoms with E-state index in [1.54, 1.807) is 36.7 Å². The van der Waals surface area contributed by atoms with Gasteiger partial charge in [0, 0.05) is 23.4 Å². The number of aromatic hydroxyl groups is 1. The van der Waals surface area contributed by atoms with Crippen molar-refractivity contribution in [3.63, 3.8) is 0 Å². The summed E-state index contributed by atoms with van der Waals surface area (Å²) in [5.74, 6) is -0.478. The number of alkyl halides is 2. The number of aromatic nitrogens is 1. The molecule has 3 heterocycles. The minimum absolute atomic E-state index is 0.0205. The third kappa shape index (κ3) is 11.0. The number of pyridine rings is 1. The van der Waals surface area contributed by atoms with Gasteiger partial charge >= 0.3 is 18.6 Å². The van der Waals surface area contributed by atoms with Gasteiger partial charge in [0.15, 0.2) is 23.9 Å². The first-order valence-corrected chi connectivity index (χ1v) is 19.3. The fraction of sp³-hybridized carbons (Fsp3) is 0.410. The number of halogens is 4. The molecule has 0 radical (unpaired) electrons. The van der Waals surface area contributed by atoms with E-state index in [-0.39, 0.29) is 41.0 Å². The van der Waals surface area contributed by atoms with Crippen LogP contribution in [0, 0.1) is 11.8 Å². The molecule has 0 spiro atoms. The number of nitrogens with one attached hydrogen (secondary N) is 2. The number of H-pyrrole nitrogens is 1. The van der Waals surface area contributed by atoms with Crippen molar-refractivity contribution in [3.8, 4) is 17.2 Å². The van der Waals surface area contributed by atoms with Gasteiger partial charge in [-0.15, -0.1) is 11.3 Å². The Morgan fingerprint density at radius 2 is 1.70 bits per heavy atom. The second-order valence-electron chi connectivity index (χ2n) is 13.6. The van der Waals surface area contributed by atoms with E-state index >= 15 is 0 Å². The quantitative estimate of drug-likeness (QED) is 0.103. The number of nitrogens with zero attached hydrogens (tertiary/aromatic N) is 1. The number of carbonyl (C=O) groups is 2. The third-order valence-electron chi connectivity index (χ3n) is 9.44. The summed E-state index contributed by atoms with van der Waals surface area (Å²) in [6.07, 6.45) is 6.10. The van der Waals surface area contributed by atoms with Crippen LogP contribution in [0.5, 0.6) is 17.2 Å². The van der Waals surface area contributed by atoms with Gasteiger partial charge in [0.05, 0.1) is 13.2 Å². The lowest BCUT2D eigenvalue weighted by atomic mass is 9.98. The van der Waals surface area contributed by atoms with Gasteiger partial charge in [0.2, 0.25) is 0 Å². The van der Waals surface area contributed by atoms with E-state index < -0.39 is 30.7 Å². The first-order chi connectivity index (χ1) is 26.0. The van der Waals surface area contributed by atoms with E-state index in [0.717, 1.165) is 43.6 Å². The molecule has 1 saturated carbocycles. The summed E-state index contributed by atoms with van der Waals surface area (Å²) in [4.78, 5) is 33.3. The largest absolute Gasteiger partial charge is 0.508 e. The Morgan fingerprint density at radius 3 is 2.41 bits per heavy atom. The number of phenols is 1. The monoisotopic (exact) mass is 804 g/mol. The Kier molecular flexibility index (Phi) is 13.6. The molecule has 1 unspecified atom stereocenters. The number of benzene rings is 2. The number of hydrogen-bond donors (Lipinski definition) is 2. The Hall–Kier alpha value is -4.01. The topological polar surface area (TPSA) is 121 Å². The Bertz CT molecular complexity index is 1890. The molecule has 2 atom stereocenters. The van der Waals surface area contributed by atoms with Crippen molar-refractivity contribution in [1.82, 2.24) is 10.2 Å². The predicted octanol–water partition coefficient (Wildman–Crippen LogP) is 7.82. The molecule has 0 bridgehead atoms. The molecule has 10 nitrogen and oxygen atoms in total. The number of esters is 2. The molecule has 3 N–H and O–H groups in total. The lowest BCUT2D eigenvalue weighted by molar-refractivity contribution is -0.377. The summed E-state index contributed by atoms with van der Waals surface area (Å²) in [6.45, 7) is -0.291. The zero-order valence-corrected chi connectivity index (χ0v) is 31.9. The highest BCUT2D eigenvalue weighted by atomic mass is 35.5. The maximum absolute atomic E-state index is 13.7. The average Bonchev–Trinajstić information content (AvgIpc) is 3.86. The number of likely N-dealkylation sites (tertiary alicyclic amines) is 1. The maximum Gasteiger partial charge on any atom is 0.387 e. The number of phenolic OH excluding ortho intramolecular Hbond substituents is 1. The zero-order valence-electron chi connectivity index (χ0n) is 29.6. The van der Waals surface area contributed by atoms with Crippen molar-refractivity contribution in [2.75, 3.05) is 33.4 Å². The first-order valence-electron chi connectivity index (χ1n) is 17.7. The van der Waals surface area contributed by atoms with Crippen LogP contribution in [0.15, 0.2) is 67.0 Å². The molecule has 4 aromatic rings. The summed E-state index contributed by atoms with van der Waals surface area (Å²) in [5.41, 5.74) is 1.52. The summed E-state index contributed by atoms with van der Waals surface area (Å²) in [6, 6.07) is 13.4. The van der Waals surface area contributed by atoms with Crippen LogP contribution in [0.3, 0.4) is 0 Å². The molecule has 0 amide bonds. The number of thiophene rings is 1. The number of piperidine rings is 1. The second-order valence-corrected chi connectivity index (χ2v) is 15.6. The van der Waals surface area contributed by atoms with Crippen molar-refractivity contribution in [2.45, 2.75) is 57.4 Å². The summed E-state index contributed by atoms with van der Waals surface area (Å²) < 4.78 is 49.0. The molecule has 1 aliphatic carbocycles. The van der Waals surface area contributed by atoms with Gasteiger partial charge in [-0.05, 0) is 105 Å². The molecule has 15 heteroatoms. The molecular formula is C39H42Cl2F2N3O7S+. The fourth-order valence-electron chi connectivity index (χ4n) is 6.13. The molecule has 2 fully saturated rings. The van der Waals surface area contributed by atoms with Crippen molar-refractivity contribution in [2.24, 2.45) is 11.8 Å². The van der Waals surface area contributed by atoms with Crippen molar-refractivity contribution >= 4 is 46.5 Å². The van der Waals surface area contributed by atoms with E-state index in [2.05, 4.69) is 22.2 Å². The SMILES string of the molecule is CN1CCC(COC(=O)C(NCc2ccc(C(=O)O[C@@H](Cc3c(Cl)c[nH+]cc3Cl)c3ccc(OC(F)F)c(OCC4CC4)c3)s2)c2cccc(O)c2)CC1. The van der Waals surface area contributed by atoms with Gasteiger partial charge in [0.1, 0.15) is 32.8 Å².